The lowest BCUT2D eigenvalue weighted by atomic mass is 9.81. The van der Waals surface area contributed by atoms with E-state index in [1.54, 1.807) is 29.2 Å². The summed E-state index contributed by atoms with van der Waals surface area (Å²) in [5, 5.41) is 5.43. The van der Waals surface area contributed by atoms with E-state index in [4.69, 9.17) is 11.6 Å². The van der Waals surface area contributed by atoms with Gasteiger partial charge >= 0.3 is 0 Å². The van der Waals surface area contributed by atoms with Crippen molar-refractivity contribution in [1.29, 1.82) is 0 Å². The highest BCUT2D eigenvalue weighted by Crippen LogP contribution is 2.48. The zero-order valence-corrected chi connectivity index (χ0v) is 17.6. The van der Waals surface area contributed by atoms with Gasteiger partial charge in [0.1, 0.15) is 0 Å². The fraction of sp³-hybridized carbons (Fsp3) is 0.286. The number of nitrogens with zero attached hydrogens (tertiary/aromatic N) is 3. The SMILES string of the molecule is O=c1ccc(-c2ccncc2)nn1[C@H]1CC[C@](I)(c2cccc(Cl)c2)CC1. The van der Waals surface area contributed by atoms with E-state index in [1.165, 1.54) is 5.56 Å². The van der Waals surface area contributed by atoms with Crippen LogP contribution in [-0.4, -0.2) is 14.8 Å². The Balaban J connectivity index is 1.57. The molecular weight excluding hydrogens is 473 g/mol. The van der Waals surface area contributed by atoms with Crippen LogP contribution in [-0.2, 0) is 3.42 Å². The summed E-state index contributed by atoms with van der Waals surface area (Å²) >= 11 is 8.74. The largest absolute Gasteiger partial charge is 0.268 e. The second kappa shape index (κ2) is 7.72. The van der Waals surface area contributed by atoms with Crippen molar-refractivity contribution >= 4 is 34.2 Å². The van der Waals surface area contributed by atoms with Crippen LogP contribution in [0.3, 0.4) is 0 Å². The quantitative estimate of drug-likeness (QED) is 0.364. The van der Waals surface area contributed by atoms with E-state index in [1.807, 2.05) is 24.3 Å². The molecule has 0 saturated heterocycles. The molecule has 0 amide bonds. The minimum absolute atomic E-state index is 0.0403. The maximum atomic E-state index is 12.4. The first-order valence-corrected chi connectivity index (χ1v) is 10.5. The van der Waals surface area contributed by atoms with Gasteiger partial charge in [-0.25, -0.2) is 4.68 Å². The minimum Gasteiger partial charge on any atom is -0.268 e. The molecule has 2 heterocycles. The Bertz CT molecular complexity index is 998. The summed E-state index contributed by atoms with van der Waals surface area (Å²) in [6, 6.07) is 15.5. The number of hydrogen-bond donors (Lipinski definition) is 0. The van der Waals surface area contributed by atoms with Crippen molar-refractivity contribution in [2.24, 2.45) is 0 Å². The predicted molar refractivity (Wildman–Crippen MR) is 116 cm³/mol. The molecule has 6 heteroatoms. The summed E-state index contributed by atoms with van der Waals surface area (Å²) in [6.07, 6.45) is 7.30. The van der Waals surface area contributed by atoms with Gasteiger partial charge in [-0.15, -0.1) is 0 Å². The van der Waals surface area contributed by atoms with Crippen molar-refractivity contribution in [3.63, 3.8) is 0 Å². The first-order chi connectivity index (χ1) is 13.0. The van der Waals surface area contributed by atoms with Gasteiger partial charge in [0.25, 0.3) is 5.56 Å². The third-order valence-electron chi connectivity index (χ3n) is 5.24. The third kappa shape index (κ3) is 3.94. The number of hydrogen-bond acceptors (Lipinski definition) is 3. The zero-order chi connectivity index (χ0) is 18.9. The lowest BCUT2D eigenvalue weighted by molar-refractivity contribution is 0.287. The van der Waals surface area contributed by atoms with Crippen LogP contribution in [0.2, 0.25) is 5.02 Å². The molecule has 4 rings (SSSR count). The van der Waals surface area contributed by atoms with Gasteiger partial charge in [0, 0.05) is 32.5 Å². The third-order valence-corrected chi connectivity index (χ3v) is 7.17. The summed E-state index contributed by atoms with van der Waals surface area (Å²) in [6.45, 7) is 0. The number of aromatic nitrogens is 3. The Kier molecular flexibility index (Phi) is 5.32. The van der Waals surface area contributed by atoms with Crippen LogP contribution in [0, 0.1) is 0 Å². The standard InChI is InChI=1S/C21H19ClIN3O/c22-17-3-1-2-16(14-17)21(23)10-6-18(7-11-21)26-20(27)5-4-19(25-26)15-8-12-24-13-9-15/h1-5,8-9,12-14,18H,6-7,10-11H2/t18-,21+. The van der Waals surface area contributed by atoms with Gasteiger partial charge in [-0.1, -0.05) is 46.3 Å². The Labute approximate surface area is 176 Å². The van der Waals surface area contributed by atoms with Crippen molar-refractivity contribution in [1.82, 2.24) is 14.8 Å². The van der Waals surface area contributed by atoms with E-state index in [-0.39, 0.29) is 15.0 Å². The molecule has 1 aliphatic carbocycles. The average Bonchev–Trinajstić information content (AvgIpc) is 2.70. The first kappa shape index (κ1) is 18.6. The lowest BCUT2D eigenvalue weighted by Crippen LogP contribution is -2.33. The van der Waals surface area contributed by atoms with E-state index < -0.39 is 0 Å². The van der Waals surface area contributed by atoms with Crippen molar-refractivity contribution in [3.8, 4) is 11.3 Å². The van der Waals surface area contributed by atoms with Crippen LogP contribution in [0.4, 0.5) is 0 Å². The molecule has 0 spiro atoms. The van der Waals surface area contributed by atoms with Crippen LogP contribution >= 0.6 is 34.2 Å². The Morgan fingerprint density at radius 2 is 1.81 bits per heavy atom. The fourth-order valence-corrected chi connectivity index (χ4v) is 4.87. The molecule has 0 N–H and O–H groups in total. The first-order valence-electron chi connectivity index (χ1n) is 9.00. The maximum absolute atomic E-state index is 12.4. The smallest absolute Gasteiger partial charge is 0.267 e. The van der Waals surface area contributed by atoms with Crippen LogP contribution < -0.4 is 5.56 Å². The summed E-state index contributed by atoms with van der Waals surface area (Å²) in [7, 11) is 0. The second-order valence-electron chi connectivity index (χ2n) is 6.94. The highest BCUT2D eigenvalue weighted by Gasteiger charge is 2.35. The van der Waals surface area contributed by atoms with E-state index in [9.17, 15) is 4.79 Å². The number of pyridine rings is 1. The fourth-order valence-electron chi connectivity index (χ4n) is 3.72. The molecule has 0 aliphatic heterocycles. The predicted octanol–water partition coefficient (Wildman–Crippen LogP) is 5.40. The van der Waals surface area contributed by atoms with Crippen molar-refractivity contribution in [3.05, 3.63) is 81.9 Å². The number of alkyl halides is 1. The zero-order valence-electron chi connectivity index (χ0n) is 14.7. The van der Waals surface area contributed by atoms with Crippen LogP contribution in [0.1, 0.15) is 37.3 Å². The van der Waals surface area contributed by atoms with Gasteiger partial charge in [0.15, 0.2) is 0 Å². The molecule has 0 unspecified atom stereocenters. The van der Waals surface area contributed by atoms with E-state index in [0.717, 1.165) is 42.0 Å². The second-order valence-corrected chi connectivity index (χ2v) is 9.45. The molecule has 27 heavy (non-hydrogen) atoms. The van der Waals surface area contributed by atoms with Crippen molar-refractivity contribution < 1.29 is 0 Å². The average molecular weight is 492 g/mol. The molecule has 1 aliphatic rings. The molecule has 1 fully saturated rings. The maximum Gasteiger partial charge on any atom is 0.267 e. The van der Waals surface area contributed by atoms with Gasteiger partial charge in [-0.05, 0) is 61.6 Å². The molecule has 1 saturated carbocycles. The normalized spacial score (nSPS) is 22.5. The van der Waals surface area contributed by atoms with E-state index >= 15 is 0 Å². The molecule has 0 atom stereocenters. The Morgan fingerprint density at radius 3 is 2.52 bits per heavy atom. The minimum atomic E-state index is -0.0403. The van der Waals surface area contributed by atoms with Gasteiger partial charge in [-0.3, -0.25) is 9.78 Å². The lowest BCUT2D eigenvalue weighted by Gasteiger charge is -2.36. The number of halogens is 2. The highest BCUT2D eigenvalue weighted by atomic mass is 127. The van der Waals surface area contributed by atoms with Gasteiger partial charge in [0.2, 0.25) is 0 Å². The van der Waals surface area contributed by atoms with Crippen LogP contribution in [0.5, 0.6) is 0 Å². The van der Waals surface area contributed by atoms with Crippen molar-refractivity contribution in [2.75, 3.05) is 0 Å². The molecule has 1 aromatic carbocycles. The Hall–Kier alpha value is -1.73. The monoisotopic (exact) mass is 491 g/mol. The molecule has 138 valence electrons. The Morgan fingerprint density at radius 1 is 1.07 bits per heavy atom. The molecule has 3 aromatic rings. The molecule has 2 aromatic heterocycles. The summed E-state index contributed by atoms with van der Waals surface area (Å²) < 4.78 is 1.73. The number of benzene rings is 1. The van der Waals surface area contributed by atoms with Gasteiger partial charge in [0.05, 0.1) is 11.7 Å². The van der Waals surface area contributed by atoms with Gasteiger partial charge < -0.3 is 0 Å². The molecule has 0 bridgehead atoms. The molecule has 4 nitrogen and oxygen atoms in total. The molecular formula is C21H19ClIN3O. The summed E-state index contributed by atoms with van der Waals surface area (Å²) in [5.41, 5.74) is 3.00. The van der Waals surface area contributed by atoms with Crippen molar-refractivity contribution in [2.45, 2.75) is 35.1 Å². The van der Waals surface area contributed by atoms with Gasteiger partial charge in [-0.2, -0.15) is 5.10 Å². The van der Waals surface area contributed by atoms with E-state index in [2.05, 4.69) is 44.8 Å². The molecule has 0 radical (unpaired) electrons. The van der Waals surface area contributed by atoms with Crippen LogP contribution in [0.25, 0.3) is 11.3 Å². The van der Waals surface area contributed by atoms with Crippen LogP contribution in [0.15, 0.2) is 65.7 Å². The van der Waals surface area contributed by atoms with E-state index in [0.29, 0.717) is 0 Å². The summed E-state index contributed by atoms with van der Waals surface area (Å²) in [5.74, 6) is 0. The summed E-state index contributed by atoms with van der Waals surface area (Å²) in [4.78, 5) is 16.5. The topological polar surface area (TPSA) is 47.8 Å². The highest BCUT2D eigenvalue weighted by molar-refractivity contribution is 14.1. The number of rotatable bonds is 3.